The van der Waals surface area contributed by atoms with E-state index in [1.165, 1.54) is 5.56 Å². The zero-order valence-electron chi connectivity index (χ0n) is 11.4. The maximum Gasteiger partial charge on any atom is 0.265 e. The Morgan fingerprint density at radius 3 is 2.84 bits per heavy atom. The van der Waals surface area contributed by atoms with Crippen molar-refractivity contribution in [2.75, 3.05) is 13.1 Å². The minimum Gasteiger partial charge on any atom is -0.364 e. The van der Waals surface area contributed by atoms with Crippen LogP contribution >= 0.6 is 0 Å². The summed E-state index contributed by atoms with van der Waals surface area (Å²) in [5.41, 5.74) is 9.58. The molecule has 1 aliphatic heterocycles. The van der Waals surface area contributed by atoms with Crippen LogP contribution in [0, 0.1) is 13.8 Å². The van der Waals surface area contributed by atoms with Gasteiger partial charge in [0, 0.05) is 23.5 Å². The first-order valence-corrected chi connectivity index (χ1v) is 6.71. The number of benzene rings is 1. The molecule has 1 aromatic carbocycles. The number of amides is 1. The fourth-order valence-electron chi connectivity index (χ4n) is 3.13. The Hall–Kier alpha value is -1.81. The Labute approximate surface area is 112 Å². The van der Waals surface area contributed by atoms with Crippen molar-refractivity contribution >= 4 is 16.8 Å². The fourth-order valence-corrected chi connectivity index (χ4v) is 3.13. The molecule has 0 bridgehead atoms. The van der Waals surface area contributed by atoms with Gasteiger partial charge in [0.2, 0.25) is 0 Å². The lowest BCUT2D eigenvalue weighted by Crippen LogP contribution is -2.22. The number of aryl methyl sites for hydroxylation is 2. The molecule has 1 amide bonds. The summed E-state index contributed by atoms with van der Waals surface area (Å²) in [7, 11) is 0. The second kappa shape index (κ2) is 4.38. The molecule has 0 saturated carbocycles. The van der Waals surface area contributed by atoms with Gasteiger partial charge in [0.15, 0.2) is 0 Å². The van der Waals surface area contributed by atoms with Crippen molar-refractivity contribution in [2.24, 2.45) is 5.73 Å². The molecule has 100 valence electrons. The van der Waals surface area contributed by atoms with Gasteiger partial charge < -0.3 is 15.6 Å². The van der Waals surface area contributed by atoms with Gasteiger partial charge in [0.25, 0.3) is 5.91 Å². The Balaban J connectivity index is 2.33. The number of primary amides is 1. The number of hydrogen-bond acceptors (Lipinski definition) is 2. The molecule has 4 heteroatoms. The highest BCUT2D eigenvalue weighted by Crippen LogP contribution is 2.31. The molecule has 1 atom stereocenters. The topological polar surface area (TPSA) is 60.1 Å². The summed E-state index contributed by atoms with van der Waals surface area (Å²) in [6, 6.07) is 6.64. The lowest BCUT2D eigenvalue weighted by Gasteiger charge is -2.16. The molecule has 4 nitrogen and oxygen atoms in total. The van der Waals surface area contributed by atoms with Crippen LogP contribution in [0.3, 0.4) is 0 Å². The number of fused-ring (bicyclic) bond motifs is 1. The van der Waals surface area contributed by atoms with Crippen molar-refractivity contribution in [3.05, 3.63) is 35.0 Å². The summed E-state index contributed by atoms with van der Waals surface area (Å²) in [4.78, 5) is 11.8. The Bertz CT molecular complexity index is 651. The van der Waals surface area contributed by atoms with Crippen molar-refractivity contribution in [2.45, 2.75) is 26.3 Å². The lowest BCUT2D eigenvalue weighted by atomic mass is 10.1. The van der Waals surface area contributed by atoms with E-state index in [0.29, 0.717) is 11.7 Å². The van der Waals surface area contributed by atoms with Crippen molar-refractivity contribution in [3.8, 4) is 0 Å². The number of hydrogen-bond donors (Lipinski definition) is 2. The SMILES string of the molecule is Cc1ccc2c(c1)c(C)c(C(N)=O)n2C1CCNC1. The van der Waals surface area contributed by atoms with Crippen LogP contribution in [0.2, 0.25) is 0 Å². The molecule has 1 unspecified atom stereocenters. The molecule has 1 aliphatic rings. The highest BCUT2D eigenvalue weighted by molar-refractivity contribution is 6.01. The molecule has 19 heavy (non-hydrogen) atoms. The van der Waals surface area contributed by atoms with Gasteiger partial charge in [-0.25, -0.2) is 0 Å². The zero-order chi connectivity index (χ0) is 13.6. The van der Waals surface area contributed by atoms with Crippen molar-refractivity contribution < 1.29 is 4.79 Å². The Morgan fingerprint density at radius 2 is 2.21 bits per heavy atom. The van der Waals surface area contributed by atoms with Crippen LogP contribution in [0.1, 0.15) is 34.1 Å². The smallest absolute Gasteiger partial charge is 0.265 e. The van der Waals surface area contributed by atoms with Crippen LogP contribution in [0.4, 0.5) is 0 Å². The quantitative estimate of drug-likeness (QED) is 0.863. The van der Waals surface area contributed by atoms with E-state index in [1.54, 1.807) is 0 Å². The third kappa shape index (κ3) is 1.83. The number of rotatable bonds is 2. The van der Waals surface area contributed by atoms with Crippen LogP contribution in [0.15, 0.2) is 18.2 Å². The standard InChI is InChI=1S/C15H19N3O/c1-9-3-4-13-12(7-9)10(2)14(15(16)19)18(13)11-5-6-17-8-11/h3-4,7,11,17H,5-6,8H2,1-2H3,(H2,16,19). The summed E-state index contributed by atoms with van der Waals surface area (Å²) in [5, 5.41) is 4.49. The molecule has 2 heterocycles. The van der Waals surface area contributed by atoms with E-state index in [9.17, 15) is 4.79 Å². The molecule has 3 rings (SSSR count). The van der Waals surface area contributed by atoms with Crippen LogP contribution < -0.4 is 11.1 Å². The first kappa shape index (κ1) is 12.2. The Morgan fingerprint density at radius 1 is 1.42 bits per heavy atom. The molecule has 1 fully saturated rings. The van der Waals surface area contributed by atoms with Gasteiger partial charge in [-0.2, -0.15) is 0 Å². The average molecular weight is 257 g/mol. The highest BCUT2D eigenvalue weighted by atomic mass is 16.1. The predicted octanol–water partition coefficient (Wildman–Crippen LogP) is 1.89. The van der Waals surface area contributed by atoms with Gasteiger partial charge in [-0.05, 0) is 44.5 Å². The van der Waals surface area contributed by atoms with Crippen LogP contribution in [0.25, 0.3) is 10.9 Å². The van der Waals surface area contributed by atoms with Crippen molar-refractivity contribution in [3.63, 3.8) is 0 Å². The van der Waals surface area contributed by atoms with Gasteiger partial charge in [0.05, 0.1) is 0 Å². The van der Waals surface area contributed by atoms with E-state index >= 15 is 0 Å². The molecule has 1 saturated heterocycles. The largest absolute Gasteiger partial charge is 0.364 e. The number of aromatic nitrogens is 1. The number of nitrogens with zero attached hydrogens (tertiary/aromatic N) is 1. The summed E-state index contributed by atoms with van der Waals surface area (Å²) >= 11 is 0. The second-order valence-corrected chi connectivity index (χ2v) is 5.38. The molecule has 3 N–H and O–H groups in total. The maximum absolute atomic E-state index is 11.8. The number of carbonyl (C=O) groups is 1. The average Bonchev–Trinajstić information content (AvgIpc) is 2.96. The summed E-state index contributed by atoms with van der Waals surface area (Å²) in [5.74, 6) is -0.335. The maximum atomic E-state index is 11.8. The van der Waals surface area contributed by atoms with Gasteiger partial charge in [-0.15, -0.1) is 0 Å². The van der Waals surface area contributed by atoms with Crippen molar-refractivity contribution in [1.29, 1.82) is 0 Å². The lowest BCUT2D eigenvalue weighted by molar-refractivity contribution is 0.0989. The van der Waals surface area contributed by atoms with E-state index < -0.39 is 0 Å². The van der Waals surface area contributed by atoms with E-state index in [1.807, 2.05) is 6.92 Å². The van der Waals surface area contributed by atoms with E-state index in [2.05, 4.69) is 35.0 Å². The summed E-state index contributed by atoms with van der Waals surface area (Å²) < 4.78 is 2.13. The molecule has 0 aliphatic carbocycles. The Kier molecular flexibility index (Phi) is 2.82. The number of nitrogens with two attached hydrogens (primary N) is 1. The third-order valence-electron chi connectivity index (χ3n) is 4.04. The van der Waals surface area contributed by atoms with Gasteiger partial charge in [-0.3, -0.25) is 4.79 Å². The predicted molar refractivity (Wildman–Crippen MR) is 76.5 cm³/mol. The normalized spacial score (nSPS) is 19.2. The molecule has 1 aromatic heterocycles. The minimum absolute atomic E-state index is 0.321. The molecule has 0 radical (unpaired) electrons. The molecule has 0 spiro atoms. The van der Waals surface area contributed by atoms with Crippen molar-refractivity contribution in [1.82, 2.24) is 9.88 Å². The highest BCUT2D eigenvalue weighted by Gasteiger charge is 2.25. The zero-order valence-corrected chi connectivity index (χ0v) is 11.4. The first-order valence-electron chi connectivity index (χ1n) is 6.71. The van der Waals surface area contributed by atoms with Gasteiger partial charge >= 0.3 is 0 Å². The second-order valence-electron chi connectivity index (χ2n) is 5.38. The number of nitrogens with one attached hydrogen (secondary N) is 1. The molecular weight excluding hydrogens is 238 g/mol. The van der Waals surface area contributed by atoms with E-state index in [0.717, 1.165) is 36.0 Å². The first-order chi connectivity index (χ1) is 9.09. The van der Waals surface area contributed by atoms with Crippen LogP contribution in [-0.4, -0.2) is 23.6 Å². The summed E-state index contributed by atoms with van der Waals surface area (Å²) in [6.45, 7) is 5.95. The van der Waals surface area contributed by atoms with E-state index in [4.69, 9.17) is 5.73 Å². The van der Waals surface area contributed by atoms with Gasteiger partial charge in [0.1, 0.15) is 5.69 Å². The third-order valence-corrected chi connectivity index (χ3v) is 4.04. The fraction of sp³-hybridized carbons (Fsp3) is 0.400. The molecular formula is C15H19N3O. The van der Waals surface area contributed by atoms with E-state index in [-0.39, 0.29) is 5.91 Å². The van der Waals surface area contributed by atoms with Gasteiger partial charge in [-0.1, -0.05) is 11.6 Å². The monoisotopic (exact) mass is 257 g/mol. The van der Waals surface area contributed by atoms with Crippen LogP contribution in [-0.2, 0) is 0 Å². The van der Waals surface area contributed by atoms with Crippen LogP contribution in [0.5, 0.6) is 0 Å². The number of carbonyl (C=O) groups excluding carboxylic acids is 1. The summed E-state index contributed by atoms with van der Waals surface area (Å²) in [6.07, 6.45) is 1.04. The minimum atomic E-state index is -0.335. The molecule has 2 aromatic rings.